The molecule has 0 spiro atoms. The Bertz CT molecular complexity index is 496. The second-order valence-electron chi connectivity index (χ2n) is 4.09. The molecule has 0 saturated carbocycles. The van der Waals surface area contributed by atoms with Gasteiger partial charge in [-0.1, -0.05) is 36.5 Å². The molecule has 1 aromatic heterocycles. The molecule has 2 rings (SSSR count). The molecule has 0 aliphatic rings. The van der Waals surface area contributed by atoms with Crippen LogP contribution in [0.4, 0.5) is 5.13 Å². The molecule has 0 fully saturated rings. The van der Waals surface area contributed by atoms with Crippen molar-refractivity contribution in [1.82, 2.24) is 4.98 Å². The van der Waals surface area contributed by atoms with E-state index in [1.165, 1.54) is 16.0 Å². The van der Waals surface area contributed by atoms with Gasteiger partial charge in [-0.2, -0.15) is 0 Å². The van der Waals surface area contributed by atoms with Gasteiger partial charge in [-0.15, -0.1) is 0 Å². The maximum Gasteiger partial charge on any atom is 0.183 e. The molecule has 1 N–H and O–H groups in total. The Kier molecular flexibility index (Phi) is 4.73. The van der Waals surface area contributed by atoms with Crippen LogP contribution in [0.2, 0.25) is 0 Å². The highest BCUT2D eigenvalue weighted by Gasteiger charge is 2.04. The topological polar surface area (TPSA) is 34.2 Å². The summed E-state index contributed by atoms with van der Waals surface area (Å²) in [4.78, 5) is 5.57. The predicted octanol–water partition coefficient (Wildman–Crippen LogP) is 3.78. The molecule has 0 aliphatic carbocycles. The van der Waals surface area contributed by atoms with Crippen molar-refractivity contribution in [3.8, 4) is 10.4 Å². The largest absolute Gasteiger partial charge is 0.380 e. The lowest BCUT2D eigenvalue weighted by atomic mass is 10.1. The van der Waals surface area contributed by atoms with Crippen molar-refractivity contribution in [1.29, 1.82) is 0 Å². The number of ether oxygens (including phenoxy) is 1. The summed E-state index contributed by atoms with van der Waals surface area (Å²) < 4.78 is 5.15. The lowest BCUT2D eigenvalue weighted by Crippen LogP contribution is -1.97. The molecule has 0 saturated heterocycles. The first-order valence-electron chi connectivity index (χ1n) is 6.11. The van der Waals surface area contributed by atoms with Gasteiger partial charge in [0.15, 0.2) is 5.13 Å². The second-order valence-corrected chi connectivity index (χ2v) is 5.12. The number of aromatic nitrogens is 1. The van der Waals surface area contributed by atoms with Gasteiger partial charge in [0.2, 0.25) is 0 Å². The van der Waals surface area contributed by atoms with Crippen molar-refractivity contribution in [2.45, 2.75) is 20.0 Å². The average Bonchev–Trinajstić information content (AvgIpc) is 2.86. The van der Waals surface area contributed by atoms with E-state index >= 15 is 0 Å². The van der Waals surface area contributed by atoms with E-state index < -0.39 is 0 Å². The number of nitrogens with zero attached hydrogens (tertiary/aromatic N) is 1. The number of benzene rings is 1. The molecule has 2 aromatic rings. The molecule has 4 heteroatoms. The van der Waals surface area contributed by atoms with Gasteiger partial charge in [0, 0.05) is 19.9 Å². The maximum absolute atomic E-state index is 5.15. The molecule has 0 bridgehead atoms. The van der Waals surface area contributed by atoms with Gasteiger partial charge in [0.1, 0.15) is 0 Å². The summed E-state index contributed by atoms with van der Waals surface area (Å²) in [6, 6.07) is 8.39. The average molecular weight is 262 g/mol. The van der Waals surface area contributed by atoms with Gasteiger partial charge in [-0.05, 0) is 23.6 Å². The fraction of sp³-hybridized carbons (Fsp3) is 0.357. The maximum atomic E-state index is 5.15. The highest BCUT2D eigenvalue weighted by molar-refractivity contribution is 7.18. The normalized spacial score (nSPS) is 10.6. The number of rotatable bonds is 6. The Morgan fingerprint density at radius 3 is 3.06 bits per heavy atom. The molecule has 0 aliphatic heterocycles. The van der Waals surface area contributed by atoms with E-state index in [0.717, 1.165) is 18.1 Å². The molecule has 96 valence electrons. The summed E-state index contributed by atoms with van der Waals surface area (Å²) in [6.07, 6.45) is 3.03. The van der Waals surface area contributed by atoms with Crippen LogP contribution in [-0.2, 0) is 11.3 Å². The molecule has 1 aromatic carbocycles. The fourth-order valence-electron chi connectivity index (χ4n) is 1.70. The molecular formula is C14H18N2OS. The number of nitrogens with one attached hydrogen (secondary N) is 1. The lowest BCUT2D eigenvalue weighted by molar-refractivity contribution is 0.185. The number of hydrogen-bond donors (Lipinski definition) is 1. The number of methoxy groups -OCH3 is 1. The van der Waals surface area contributed by atoms with E-state index in [2.05, 4.69) is 41.5 Å². The Labute approximate surface area is 112 Å². The van der Waals surface area contributed by atoms with Crippen molar-refractivity contribution in [2.75, 3.05) is 19.0 Å². The predicted molar refractivity (Wildman–Crippen MR) is 77.0 cm³/mol. The van der Waals surface area contributed by atoms with Crippen molar-refractivity contribution < 1.29 is 4.74 Å². The molecule has 0 radical (unpaired) electrons. The molecule has 18 heavy (non-hydrogen) atoms. The monoisotopic (exact) mass is 262 g/mol. The summed E-state index contributed by atoms with van der Waals surface area (Å²) in [6.45, 7) is 3.76. The van der Waals surface area contributed by atoms with Crippen LogP contribution in [0.1, 0.15) is 18.9 Å². The third-order valence-corrected chi connectivity index (χ3v) is 3.56. The van der Waals surface area contributed by atoms with Crippen LogP contribution in [0.25, 0.3) is 10.4 Å². The third-order valence-electron chi connectivity index (χ3n) is 2.55. The smallest absolute Gasteiger partial charge is 0.183 e. The fourth-order valence-corrected chi connectivity index (χ4v) is 2.54. The summed E-state index contributed by atoms with van der Waals surface area (Å²) in [5, 5.41) is 4.30. The highest BCUT2D eigenvalue weighted by Crippen LogP contribution is 2.29. The SMILES string of the molecule is CCCNc1ncc(-c2cccc(COC)c2)s1. The van der Waals surface area contributed by atoms with Crippen molar-refractivity contribution in [2.24, 2.45) is 0 Å². The summed E-state index contributed by atoms with van der Waals surface area (Å²) in [7, 11) is 1.71. The Balaban J connectivity index is 2.15. The van der Waals surface area contributed by atoms with Crippen LogP contribution in [-0.4, -0.2) is 18.6 Å². The first-order chi connectivity index (χ1) is 8.83. The van der Waals surface area contributed by atoms with Crippen LogP contribution in [0, 0.1) is 0 Å². The minimum Gasteiger partial charge on any atom is -0.380 e. The van der Waals surface area contributed by atoms with Gasteiger partial charge >= 0.3 is 0 Å². The van der Waals surface area contributed by atoms with Crippen molar-refractivity contribution >= 4 is 16.5 Å². The van der Waals surface area contributed by atoms with E-state index in [1.807, 2.05) is 6.20 Å². The van der Waals surface area contributed by atoms with E-state index in [0.29, 0.717) is 6.61 Å². The third kappa shape index (κ3) is 3.31. The Morgan fingerprint density at radius 1 is 1.39 bits per heavy atom. The molecule has 0 amide bonds. The van der Waals surface area contributed by atoms with Crippen LogP contribution < -0.4 is 5.32 Å². The number of thiazole rings is 1. The molecule has 3 nitrogen and oxygen atoms in total. The van der Waals surface area contributed by atoms with Gasteiger partial charge in [-0.25, -0.2) is 4.98 Å². The van der Waals surface area contributed by atoms with E-state index in [9.17, 15) is 0 Å². The zero-order chi connectivity index (χ0) is 12.8. The molecule has 0 atom stereocenters. The summed E-state index contributed by atoms with van der Waals surface area (Å²) in [5.41, 5.74) is 2.39. The second kappa shape index (κ2) is 6.52. The van der Waals surface area contributed by atoms with E-state index in [-0.39, 0.29) is 0 Å². The summed E-state index contributed by atoms with van der Waals surface area (Å²) >= 11 is 1.69. The van der Waals surface area contributed by atoms with Crippen LogP contribution >= 0.6 is 11.3 Å². The van der Waals surface area contributed by atoms with Crippen molar-refractivity contribution in [3.05, 3.63) is 36.0 Å². The lowest BCUT2D eigenvalue weighted by Gasteiger charge is -2.02. The van der Waals surface area contributed by atoms with E-state index in [1.54, 1.807) is 18.4 Å². The minimum atomic E-state index is 0.646. The van der Waals surface area contributed by atoms with Gasteiger partial charge in [0.05, 0.1) is 11.5 Å². The zero-order valence-corrected chi connectivity index (χ0v) is 11.6. The Hall–Kier alpha value is -1.39. The van der Waals surface area contributed by atoms with Crippen LogP contribution in [0.3, 0.4) is 0 Å². The van der Waals surface area contributed by atoms with Gasteiger partial charge in [0.25, 0.3) is 0 Å². The summed E-state index contributed by atoms with van der Waals surface area (Å²) in [5.74, 6) is 0. The van der Waals surface area contributed by atoms with Gasteiger partial charge < -0.3 is 10.1 Å². The first-order valence-corrected chi connectivity index (χ1v) is 6.93. The van der Waals surface area contributed by atoms with Crippen molar-refractivity contribution in [3.63, 3.8) is 0 Å². The quantitative estimate of drug-likeness (QED) is 0.860. The Morgan fingerprint density at radius 2 is 2.28 bits per heavy atom. The van der Waals surface area contributed by atoms with Crippen LogP contribution in [0.15, 0.2) is 30.5 Å². The van der Waals surface area contributed by atoms with Crippen LogP contribution in [0.5, 0.6) is 0 Å². The first kappa shape index (κ1) is 13.1. The highest BCUT2D eigenvalue weighted by atomic mass is 32.1. The molecule has 0 unspecified atom stereocenters. The minimum absolute atomic E-state index is 0.646. The standard InChI is InChI=1S/C14H18N2OS/c1-3-7-15-14-16-9-13(18-14)12-6-4-5-11(8-12)10-17-2/h4-6,8-9H,3,7,10H2,1-2H3,(H,15,16). The zero-order valence-electron chi connectivity index (χ0n) is 10.8. The molecule has 1 heterocycles. The van der Waals surface area contributed by atoms with E-state index in [4.69, 9.17) is 4.74 Å². The number of anilines is 1. The molecular weight excluding hydrogens is 244 g/mol. The number of hydrogen-bond acceptors (Lipinski definition) is 4. The van der Waals surface area contributed by atoms with Gasteiger partial charge in [-0.3, -0.25) is 0 Å².